The van der Waals surface area contributed by atoms with Gasteiger partial charge in [-0.05, 0) is 25.0 Å². The van der Waals surface area contributed by atoms with Crippen molar-refractivity contribution in [2.45, 2.75) is 19.0 Å². The van der Waals surface area contributed by atoms with Crippen LogP contribution in [0, 0.1) is 5.92 Å². The fourth-order valence-electron chi connectivity index (χ4n) is 2.30. The highest BCUT2D eigenvalue weighted by Gasteiger charge is 2.35. The van der Waals surface area contributed by atoms with Crippen molar-refractivity contribution < 1.29 is 26.4 Å². The number of hydrogen-bond acceptors (Lipinski definition) is 3. The summed E-state index contributed by atoms with van der Waals surface area (Å²) >= 11 is 0. The molecule has 4 nitrogen and oxygen atoms in total. The predicted octanol–water partition coefficient (Wildman–Crippen LogP) is 2.47. The number of anilines is 1. The Labute approximate surface area is 120 Å². The van der Waals surface area contributed by atoms with Crippen molar-refractivity contribution in [2.24, 2.45) is 5.92 Å². The number of hydrogen-bond donors (Lipinski definition) is 1. The molecule has 0 radical (unpaired) electrons. The summed E-state index contributed by atoms with van der Waals surface area (Å²) in [7, 11) is -3.29. The van der Waals surface area contributed by atoms with Gasteiger partial charge in [0.25, 0.3) is 0 Å². The molecule has 8 heteroatoms. The van der Waals surface area contributed by atoms with Gasteiger partial charge in [0.2, 0.25) is 5.91 Å². The van der Waals surface area contributed by atoms with Crippen LogP contribution in [-0.2, 0) is 20.8 Å². The van der Waals surface area contributed by atoms with Crippen LogP contribution in [0.4, 0.5) is 18.9 Å². The van der Waals surface area contributed by atoms with Crippen LogP contribution in [0.5, 0.6) is 0 Å². The first-order chi connectivity index (χ1) is 9.69. The summed E-state index contributed by atoms with van der Waals surface area (Å²) in [5.74, 6) is -1.77. The smallest absolute Gasteiger partial charge is 0.325 e. The normalized spacial score (nSPS) is 21.8. The number of alkyl halides is 3. The van der Waals surface area contributed by atoms with Crippen molar-refractivity contribution in [3.63, 3.8) is 0 Å². The molecule has 116 valence electrons. The zero-order chi connectivity index (χ0) is 15.7. The average molecular weight is 321 g/mol. The second kappa shape index (κ2) is 5.67. The van der Waals surface area contributed by atoms with Gasteiger partial charge in [0, 0.05) is 0 Å². The first kappa shape index (κ1) is 15.8. The number of rotatable bonds is 2. The summed E-state index contributed by atoms with van der Waals surface area (Å²) in [6.07, 6.45) is -3.87. The van der Waals surface area contributed by atoms with E-state index in [-0.39, 0.29) is 17.2 Å². The fourth-order valence-corrected chi connectivity index (χ4v) is 4.01. The van der Waals surface area contributed by atoms with E-state index in [9.17, 15) is 26.4 Å². The van der Waals surface area contributed by atoms with Crippen LogP contribution in [0.25, 0.3) is 0 Å². The van der Waals surface area contributed by atoms with Gasteiger partial charge in [-0.2, -0.15) is 13.2 Å². The third-order valence-electron chi connectivity index (χ3n) is 3.32. The molecule has 21 heavy (non-hydrogen) atoms. The highest BCUT2D eigenvalue weighted by Crippen LogP contribution is 2.35. The van der Waals surface area contributed by atoms with Crippen LogP contribution in [0.1, 0.15) is 18.4 Å². The lowest BCUT2D eigenvalue weighted by Crippen LogP contribution is -2.34. The molecule has 1 heterocycles. The van der Waals surface area contributed by atoms with Crippen LogP contribution >= 0.6 is 0 Å². The minimum Gasteiger partial charge on any atom is -0.325 e. The summed E-state index contributed by atoms with van der Waals surface area (Å²) in [5.41, 5.74) is -1.30. The minimum atomic E-state index is -4.58. The molecular formula is C13H14F3NO3S. The minimum absolute atomic E-state index is 0.0237. The third kappa shape index (κ3) is 3.96. The highest BCUT2D eigenvalue weighted by atomic mass is 32.2. The van der Waals surface area contributed by atoms with E-state index in [1.807, 2.05) is 0 Å². The maximum atomic E-state index is 12.8. The maximum Gasteiger partial charge on any atom is 0.418 e. The Morgan fingerprint density at radius 1 is 1.24 bits per heavy atom. The average Bonchev–Trinajstić information content (AvgIpc) is 2.37. The molecule has 0 bridgehead atoms. The van der Waals surface area contributed by atoms with Crippen LogP contribution in [0.15, 0.2) is 24.3 Å². The number of amides is 1. The van der Waals surface area contributed by atoms with E-state index in [1.54, 1.807) is 0 Å². The quantitative estimate of drug-likeness (QED) is 0.910. The molecule has 1 aromatic carbocycles. The number of para-hydroxylation sites is 1. The lowest BCUT2D eigenvalue weighted by atomic mass is 10.0. The molecular weight excluding hydrogens is 307 g/mol. The Morgan fingerprint density at radius 2 is 1.90 bits per heavy atom. The molecule has 0 aromatic heterocycles. The van der Waals surface area contributed by atoms with Crippen molar-refractivity contribution in [1.82, 2.24) is 0 Å². The molecule has 1 fully saturated rings. The molecule has 1 N–H and O–H groups in total. The number of halogens is 3. The summed E-state index contributed by atoms with van der Waals surface area (Å²) in [6.45, 7) is 0. The summed E-state index contributed by atoms with van der Waals surface area (Å²) in [4.78, 5) is 12.0. The molecule has 1 unspecified atom stereocenters. The van der Waals surface area contributed by atoms with Crippen molar-refractivity contribution in [2.75, 3.05) is 16.8 Å². The molecule has 0 saturated carbocycles. The van der Waals surface area contributed by atoms with Gasteiger partial charge in [-0.25, -0.2) is 8.42 Å². The largest absolute Gasteiger partial charge is 0.418 e. The Hall–Kier alpha value is -1.57. The summed E-state index contributed by atoms with van der Waals surface area (Å²) < 4.78 is 61.4. The van der Waals surface area contributed by atoms with Crippen LogP contribution in [0.3, 0.4) is 0 Å². The molecule has 1 amide bonds. The monoisotopic (exact) mass is 321 g/mol. The lowest BCUT2D eigenvalue weighted by Gasteiger charge is -2.22. The number of benzene rings is 1. The van der Waals surface area contributed by atoms with Crippen LogP contribution in [0.2, 0.25) is 0 Å². The fraction of sp³-hybridized carbons (Fsp3) is 0.462. The third-order valence-corrected chi connectivity index (χ3v) is 5.15. The molecule has 0 aliphatic carbocycles. The highest BCUT2D eigenvalue weighted by molar-refractivity contribution is 7.91. The number of nitrogens with one attached hydrogen (secondary N) is 1. The van der Waals surface area contributed by atoms with Crippen LogP contribution in [-0.4, -0.2) is 25.8 Å². The van der Waals surface area contributed by atoms with E-state index < -0.39 is 33.4 Å². The number of carbonyl (C=O) groups is 1. The molecule has 1 aliphatic rings. The maximum absolute atomic E-state index is 12.8. The topological polar surface area (TPSA) is 63.2 Å². The lowest BCUT2D eigenvalue weighted by molar-refractivity contribution is -0.137. The predicted molar refractivity (Wildman–Crippen MR) is 71.5 cm³/mol. The van der Waals surface area contributed by atoms with Gasteiger partial charge >= 0.3 is 6.18 Å². The summed E-state index contributed by atoms with van der Waals surface area (Å²) in [5, 5.41) is 2.20. The molecule has 1 aliphatic heterocycles. The van der Waals surface area contributed by atoms with Gasteiger partial charge in [-0.15, -0.1) is 0 Å². The Kier molecular flexibility index (Phi) is 4.27. The van der Waals surface area contributed by atoms with Crippen molar-refractivity contribution in [1.29, 1.82) is 0 Å². The molecule has 1 saturated heterocycles. The standard InChI is InChI=1S/C13H14F3NO3S/c14-13(15,16)10-5-1-2-6-11(10)17-12(18)9-4-3-7-21(19,20)8-9/h1-2,5-6,9H,3-4,7-8H2,(H,17,18). The van der Waals surface area contributed by atoms with Gasteiger partial charge in [0.1, 0.15) is 0 Å². The van der Waals surface area contributed by atoms with Crippen LogP contribution < -0.4 is 5.32 Å². The molecule has 2 rings (SSSR count). The molecule has 0 spiro atoms. The van der Waals surface area contributed by atoms with E-state index >= 15 is 0 Å². The van der Waals surface area contributed by atoms with Gasteiger partial charge in [-0.3, -0.25) is 4.79 Å². The van der Waals surface area contributed by atoms with Gasteiger partial charge in [0.05, 0.1) is 28.7 Å². The Bertz CT molecular complexity index is 640. The van der Waals surface area contributed by atoms with E-state index in [1.165, 1.54) is 12.1 Å². The van der Waals surface area contributed by atoms with E-state index in [4.69, 9.17) is 0 Å². The van der Waals surface area contributed by atoms with Crippen molar-refractivity contribution in [3.8, 4) is 0 Å². The Morgan fingerprint density at radius 3 is 2.52 bits per heavy atom. The van der Waals surface area contributed by atoms with Gasteiger partial charge in [0.15, 0.2) is 9.84 Å². The zero-order valence-corrected chi connectivity index (χ0v) is 11.8. The first-order valence-electron chi connectivity index (χ1n) is 6.36. The number of carbonyl (C=O) groups excluding carboxylic acids is 1. The van der Waals surface area contributed by atoms with E-state index in [0.29, 0.717) is 12.8 Å². The SMILES string of the molecule is O=C(Nc1ccccc1C(F)(F)F)C1CCCS(=O)(=O)C1. The molecule has 1 aromatic rings. The Balaban J connectivity index is 2.17. The first-order valence-corrected chi connectivity index (χ1v) is 8.19. The van der Waals surface area contributed by atoms with Gasteiger partial charge < -0.3 is 5.32 Å². The second-order valence-corrected chi connectivity index (χ2v) is 7.21. The number of sulfone groups is 1. The van der Waals surface area contributed by atoms with E-state index in [2.05, 4.69) is 5.32 Å². The summed E-state index contributed by atoms with van der Waals surface area (Å²) in [6, 6.07) is 4.62. The molecule has 1 atom stereocenters. The second-order valence-electron chi connectivity index (χ2n) is 4.99. The zero-order valence-electron chi connectivity index (χ0n) is 11.0. The van der Waals surface area contributed by atoms with Crippen molar-refractivity contribution in [3.05, 3.63) is 29.8 Å². The van der Waals surface area contributed by atoms with Gasteiger partial charge in [-0.1, -0.05) is 12.1 Å². The van der Waals surface area contributed by atoms with E-state index in [0.717, 1.165) is 12.1 Å². The van der Waals surface area contributed by atoms with Crippen molar-refractivity contribution >= 4 is 21.4 Å².